The average molecular weight is 298 g/mol. The fourth-order valence-electron chi connectivity index (χ4n) is 1.90. The van der Waals surface area contributed by atoms with Gasteiger partial charge in [0.1, 0.15) is 5.75 Å². The van der Waals surface area contributed by atoms with Crippen molar-refractivity contribution in [3.05, 3.63) is 53.6 Å². The number of hydrogen-bond donors (Lipinski definition) is 3. The number of phenolic OH excluding ortho intramolecular Hbond substituents is 1. The lowest BCUT2D eigenvalue weighted by Crippen LogP contribution is -2.13. The Bertz CT molecular complexity index is 694. The van der Waals surface area contributed by atoms with Gasteiger partial charge >= 0.3 is 0 Å². The van der Waals surface area contributed by atoms with Crippen LogP contribution in [-0.4, -0.2) is 16.9 Å². The van der Waals surface area contributed by atoms with E-state index in [1.54, 1.807) is 49.4 Å². The molecule has 0 saturated carbocycles. The number of carbonyl (C=O) groups excluding carboxylic acids is 2. The van der Waals surface area contributed by atoms with Gasteiger partial charge in [-0.3, -0.25) is 9.59 Å². The van der Waals surface area contributed by atoms with Gasteiger partial charge in [-0.05, 0) is 48.9 Å². The second-order valence-electron chi connectivity index (χ2n) is 4.95. The van der Waals surface area contributed by atoms with Gasteiger partial charge < -0.3 is 15.7 Å². The Kier molecular flexibility index (Phi) is 4.78. The van der Waals surface area contributed by atoms with Gasteiger partial charge in [0.05, 0.1) is 5.69 Å². The molecule has 0 aliphatic heterocycles. The molecule has 114 valence electrons. The predicted octanol–water partition coefficient (Wildman–Crippen LogP) is 3.30. The van der Waals surface area contributed by atoms with Gasteiger partial charge in [0.2, 0.25) is 5.91 Å². The second-order valence-corrected chi connectivity index (χ2v) is 4.95. The van der Waals surface area contributed by atoms with Crippen molar-refractivity contribution in [2.75, 3.05) is 10.6 Å². The van der Waals surface area contributed by atoms with Crippen molar-refractivity contribution in [1.29, 1.82) is 0 Å². The first kappa shape index (κ1) is 15.6. The molecule has 0 atom stereocenters. The number of phenols is 1. The third kappa shape index (κ3) is 3.85. The Hall–Kier alpha value is -2.82. The molecule has 0 aliphatic rings. The van der Waals surface area contributed by atoms with Gasteiger partial charge in [0.15, 0.2) is 0 Å². The number of amides is 2. The lowest BCUT2D eigenvalue weighted by Gasteiger charge is -2.09. The van der Waals surface area contributed by atoms with E-state index in [1.807, 2.05) is 6.92 Å². The molecule has 0 bridgehead atoms. The van der Waals surface area contributed by atoms with E-state index in [2.05, 4.69) is 10.6 Å². The molecular weight excluding hydrogens is 280 g/mol. The zero-order chi connectivity index (χ0) is 16.1. The summed E-state index contributed by atoms with van der Waals surface area (Å²) in [4.78, 5) is 23.4. The predicted molar refractivity (Wildman–Crippen MR) is 86.2 cm³/mol. The maximum absolute atomic E-state index is 12.1. The standard InChI is InChI=1S/C17H18N2O3/c1-3-16(21)18-13-7-5-12(6-8-13)17(22)19-14-9-4-11(2)10-15(14)20/h4-10,20H,3H2,1-2H3,(H,18,21)(H,19,22). The first-order valence-electron chi connectivity index (χ1n) is 7.00. The van der Waals surface area contributed by atoms with E-state index >= 15 is 0 Å². The zero-order valence-electron chi connectivity index (χ0n) is 12.5. The van der Waals surface area contributed by atoms with Crippen LogP contribution in [0.2, 0.25) is 0 Å². The summed E-state index contributed by atoms with van der Waals surface area (Å²) in [7, 11) is 0. The van der Waals surface area contributed by atoms with Crippen molar-refractivity contribution in [3.63, 3.8) is 0 Å². The van der Waals surface area contributed by atoms with E-state index < -0.39 is 0 Å². The maximum atomic E-state index is 12.1. The lowest BCUT2D eigenvalue weighted by molar-refractivity contribution is -0.115. The number of carbonyl (C=O) groups is 2. The van der Waals surface area contributed by atoms with Crippen LogP contribution in [-0.2, 0) is 4.79 Å². The van der Waals surface area contributed by atoms with Gasteiger partial charge in [-0.15, -0.1) is 0 Å². The van der Waals surface area contributed by atoms with Gasteiger partial charge in [-0.25, -0.2) is 0 Å². The van der Waals surface area contributed by atoms with E-state index in [-0.39, 0.29) is 17.6 Å². The van der Waals surface area contributed by atoms with E-state index in [4.69, 9.17) is 0 Å². The molecule has 22 heavy (non-hydrogen) atoms. The molecule has 0 aliphatic carbocycles. The molecule has 0 spiro atoms. The number of nitrogens with one attached hydrogen (secondary N) is 2. The zero-order valence-corrected chi connectivity index (χ0v) is 12.5. The van der Waals surface area contributed by atoms with Crippen LogP contribution in [0.3, 0.4) is 0 Å². The smallest absolute Gasteiger partial charge is 0.255 e. The minimum atomic E-state index is -0.326. The summed E-state index contributed by atoms with van der Waals surface area (Å²) in [5.41, 5.74) is 2.35. The summed E-state index contributed by atoms with van der Waals surface area (Å²) in [6.45, 7) is 3.62. The van der Waals surface area contributed by atoms with Crippen LogP contribution in [0.25, 0.3) is 0 Å². The average Bonchev–Trinajstić information content (AvgIpc) is 2.50. The molecule has 0 fully saturated rings. The Balaban J connectivity index is 2.08. The fraction of sp³-hybridized carbons (Fsp3) is 0.176. The second kappa shape index (κ2) is 6.76. The highest BCUT2D eigenvalue weighted by atomic mass is 16.3. The number of anilines is 2. The van der Waals surface area contributed by atoms with E-state index in [9.17, 15) is 14.7 Å². The van der Waals surface area contributed by atoms with Crippen LogP contribution in [0.4, 0.5) is 11.4 Å². The molecule has 0 heterocycles. The minimum absolute atomic E-state index is 0.0279. The number of benzene rings is 2. The Morgan fingerprint density at radius 2 is 1.73 bits per heavy atom. The molecule has 0 unspecified atom stereocenters. The van der Waals surface area contributed by atoms with E-state index in [0.29, 0.717) is 23.4 Å². The SMILES string of the molecule is CCC(=O)Nc1ccc(C(=O)Nc2ccc(C)cc2O)cc1. The highest BCUT2D eigenvalue weighted by Crippen LogP contribution is 2.24. The van der Waals surface area contributed by atoms with Crippen LogP contribution in [0, 0.1) is 6.92 Å². The summed E-state index contributed by atoms with van der Waals surface area (Å²) in [6.07, 6.45) is 0.398. The highest BCUT2D eigenvalue weighted by molar-refractivity contribution is 6.05. The van der Waals surface area contributed by atoms with Gasteiger partial charge in [-0.1, -0.05) is 13.0 Å². The summed E-state index contributed by atoms with van der Waals surface area (Å²) in [6, 6.07) is 11.6. The maximum Gasteiger partial charge on any atom is 0.255 e. The Labute approximate surface area is 129 Å². The third-order valence-corrected chi connectivity index (χ3v) is 3.15. The summed E-state index contributed by atoms with van der Waals surface area (Å²) in [5, 5.41) is 15.2. The molecule has 5 nitrogen and oxygen atoms in total. The van der Waals surface area contributed by atoms with Crippen LogP contribution >= 0.6 is 0 Å². The van der Waals surface area contributed by atoms with Crippen LogP contribution in [0.5, 0.6) is 5.75 Å². The highest BCUT2D eigenvalue weighted by Gasteiger charge is 2.09. The number of aromatic hydroxyl groups is 1. The van der Waals surface area contributed by atoms with Crippen LogP contribution in [0.1, 0.15) is 29.3 Å². The molecule has 3 N–H and O–H groups in total. The Morgan fingerprint density at radius 3 is 2.32 bits per heavy atom. The molecule has 2 aromatic rings. The minimum Gasteiger partial charge on any atom is -0.506 e. The summed E-state index contributed by atoms with van der Waals surface area (Å²) >= 11 is 0. The topological polar surface area (TPSA) is 78.4 Å². The first-order chi connectivity index (χ1) is 10.5. The fourth-order valence-corrected chi connectivity index (χ4v) is 1.90. The van der Waals surface area contributed by atoms with Crippen molar-refractivity contribution in [2.45, 2.75) is 20.3 Å². The van der Waals surface area contributed by atoms with E-state index in [1.165, 1.54) is 0 Å². The molecule has 0 saturated heterocycles. The third-order valence-electron chi connectivity index (χ3n) is 3.15. The van der Waals surface area contributed by atoms with Crippen LogP contribution < -0.4 is 10.6 Å². The number of aryl methyl sites for hydroxylation is 1. The van der Waals surface area contributed by atoms with Crippen LogP contribution in [0.15, 0.2) is 42.5 Å². The largest absolute Gasteiger partial charge is 0.506 e. The van der Waals surface area contributed by atoms with Crippen molar-refractivity contribution >= 4 is 23.2 Å². The molecule has 2 rings (SSSR count). The molecule has 0 radical (unpaired) electrons. The first-order valence-corrected chi connectivity index (χ1v) is 7.00. The van der Waals surface area contributed by atoms with Crippen molar-refractivity contribution < 1.29 is 14.7 Å². The molecule has 5 heteroatoms. The molecule has 2 aromatic carbocycles. The van der Waals surface area contributed by atoms with Crippen molar-refractivity contribution in [3.8, 4) is 5.75 Å². The van der Waals surface area contributed by atoms with Gasteiger partial charge in [-0.2, -0.15) is 0 Å². The van der Waals surface area contributed by atoms with Crippen molar-refractivity contribution in [2.24, 2.45) is 0 Å². The van der Waals surface area contributed by atoms with Gasteiger partial charge in [0, 0.05) is 17.7 Å². The summed E-state index contributed by atoms with van der Waals surface area (Å²) in [5.74, 6) is -0.380. The molecule has 2 amide bonds. The van der Waals surface area contributed by atoms with Crippen molar-refractivity contribution in [1.82, 2.24) is 0 Å². The number of rotatable bonds is 4. The Morgan fingerprint density at radius 1 is 1.05 bits per heavy atom. The number of hydrogen-bond acceptors (Lipinski definition) is 3. The molecular formula is C17H18N2O3. The quantitative estimate of drug-likeness (QED) is 0.758. The lowest BCUT2D eigenvalue weighted by atomic mass is 10.1. The monoisotopic (exact) mass is 298 g/mol. The molecule has 0 aromatic heterocycles. The van der Waals surface area contributed by atoms with E-state index in [0.717, 1.165) is 5.56 Å². The normalized spacial score (nSPS) is 10.1. The summed E-state index contributed by atoms with van der Waals surface area (Å²) < 4.78 is 0. The van der Waals surface area contributed by atoms with Gasteiger partial charge in [0.25, 0.3) is 5.91 Å².